The van der Waals surface area contributed by atoms with Crippen LogP contribution in [0, 0.1) is 0 Å². The van der Waals surface area contributed by atoms with Gasteiger partial charge in [-0.05, 0) is 92.7 Å². The van der Waals surface area contributed by atoms with E-state index < -0.39 is 11.5 Å². The van der Waals surface area contributed by atoms with Gasteiger partial charge in [0.25, 0.3) is 5.91 Å². The summed E-state index contributed by atoms with van der Waals surface area (Å²) in [6.45, 7) is 3.58. The molecular weight excluding hydrogens is 516 g/mol. The van der Waals surface area contributed by atoms with Crippen molar-refractivity contribution in [2.45, 2.75) is 19.4 Å². The average Bonchev–Trinajstić information content (AvgIpc) is 3.27. The highest BCUT2D eigenvalue weighted by Gasteiger charge is 2.49. The Morgan fingerprint density at radius 1 is 0.732 bits per heavy atom. The zero-order valence-corrected chi connectivity index (χ0v) is 22.6. The minimum absolute atomic E-state index is 0.185. The quantitative estimate of drug-likeness (QED) is 0.169. The Hall–Kier alpha value is -5.44. The van der Waals surface area contributed by atoms with E-state index >= 15 is 0 Å². The summed E-state index contributed by atoms with van der Waals surface area (Å²) < 4.78 is 5.36. The van der Waals surface area contributed by atoms with E-state index in [0.717, 1.165) is 11.4 Å². The molecule has 204 valence electrons. The van der Waals surface area contributed by atoms with Gasteiger partial charge in [-0.2, -0.15) is 20.5 Å². The predicted molar refractivity (Wildman–Crippen MR) is 158 cm³/mol. The molecule has 0 spiro atoms. The molecule has 4 aromatic carbocycles. The first-order valence-corrected chi connectivity index (χ1v) is 13.1. The van der Waals surface area contributed by atoms with Crippen LogP contribution in [0.4, 0.5) is 34.1 Å². The molecule has 1 heterocycles. The highest BCUT2D eigenvalue weighted by Crippen LogP contribution is 2.36. The van der Waals surface area contributed by atoms with E-state index in [2.05, 4.69) is 25.8 Å². The maximum absolute atomic E-state index is 13.7. The molecule has 1 aliphatic heterocycles. The Morgan fingerprint density at radius 3 is 1.68 bits per heavy atom. The standard InChI is InChI=1S/C32H28N6O3/c1-3-41-31(40)32(2)22-29(33-23-14-16-26(17-15-23)36-34-24-10-6-4-7-11-24)30(39)38(32)28-20-18-27(19-21-28)37-35-25-12-8-5-9-13-25/h4-22,33H,3H2,1-2H3. The number of azo groups is 2. The zero-order valence-electron chi connectivity index (χ0n) is 22.6. The molecule has 0 bridgehead atoms. The van der Waals surface area contributed by atoms with E-state index in [0.29, 0.717) is 22.7 Å². The number of hydrogen-bond donors (Lipinski definition) is 1. The first-order valence-electron chi connectivity index (χ1n) is 13.1. The summed E-state index contributed by atoms with van der Waals surface area (Å²) in [5.41, 5.74) is 2.84. The number of amides is 1. The van der Waals surface area contributed by atoms with Crippen molar-refractivity contribution in [3.63, 3.8) is 0 Å². The number of esters is 1. The van der Waals surface area contributed by atoms with E-state index in [-0.39, 0.29) is 18.2 Å². The van der Waals surface area contributed by atoms with Gasteiger partial charge in [0.1, 0.15) is 5.70 Å². The van der Waals surface area contributed by atoms with Gasteiger partial charge in [-0.15, -0.1) is 0 Å². The van der Waals surface area contributed by atoms with Gasteiger partial charge in [0, 0.05) is 11.4 Å². The molecule has 0 saturated heterocycles. The van der Waals surface area contributed by atoms with E-state index in [4.69, 9.17) is 4.74 Å². The minimum atomic E-state index is -1.35. The van der Waals surface area contributed by atoms with E-state index in [1.165, 1.54) is 4.90 Å². The van der Waals surface area contributed by atoms with Crippen LogP contribution >= 0.6 is 0 Å². The van der Waals surface area contributed by atoms with Gasteiger partial charge < -0.3 is 10.1 Å². The van der Waals surface area contributed by atoms with Crippen LogP contribution in [0.25, 0.3) is 0 Å². The van der Waals surface area contributed by atoms with E-state index in [9.17, 15) is 9.59 Å². The van der Waals surface area contributed by atoms with Crippen molar-refractivity contribution in [3.05, 3.63) is 121 Å². The van der Waals surface area contributed by atoms with Crippen molar-refractivity contribution in [2.75, 3.05) is 16.8 Å². The Balaban J connectivity index is 1.35. The van der Waals surface area contributed by atoms with Gasteiger partial charge in [0.15, 0.2) is 5.54 Å². The molecule has 41 heavy (non-hydrogen) atoms. The molecule has 0 fully saturated rings. The molecule has 0 aromatic heterocycles. The monoisotopic (exact) mass is 544 g/mol. The van der Waals surface area contributed by atoms with Crippen LogP contribution in [-0.4, -0.2) is 24.0 Å². The number of carbonyl (C=O) groups excluding carboxylic acids is 2. The number of carbonyl (C=O) groups is 2. The summed E-state index contributed by atoms with van der Waals surface area (Å²) >= 11 is 0. The number of nitrogens with zero attached hydrogens (tertiary/aromatic N) is 5. The summed E-state index contributed by atoms with van der Waals surface area (Å²) in [7, 11) is 0. The fourth-order valence-corrected chi connectivity index (χ4v) is 4.30. The lowest BCUT2D eigenvalue weighted by molar-refractivity contribution is -0.147. The van der Waals surface area contributed by atoms with Gasteiger partial charge in [-0.25, -0.2) is 4.79 Å². The summed E-state index contributed by atoms with van der Waals surface area (Å²) in [5.74, 6) is -0.901. The van der Waals surface area contributed by atoms with Gasteiger partial charge >= 0.3 is 5.97 Å². The number of rotatable bonds is 9. The van der Waals surface area contributed by atoms with Gasteiger partial charge in [0.05, 0.1) is 29.4 Å². The van der Waals surface area contributed by atoms with Gasteiger partial charge in [-0.1, -0.05) is 36.4 Å². The molecule has 1 amide bonds. The maximum atomic E-state index is 13.7. The lowest BCUT2D eigenvalue weighted by Crippen LogP contribution is -2.51. The summed E-state index contributed by atoms with van der Waals surface area (Å²) in [6.07, 6.45) is 1.60. The maximum Gasteiger partial charge on any atom is 0.336 e. The third-order valence-corrected chi connectivity index (χ3v) is 6.34. The number of nitrogens with one attached hydrogen (secondary N) is 1. The van der Waals surface area contributed by atoms with E-state index in [1.807, 2.05) is 60.7 Å². The number of ether oxygens (including phenoxy) is 1. The van der Waals surface area contributed by atoms with E-state index in [1.54, 1.807) is 68.5 Å². The van der Waals surface area contributed by atoms with Gasteiger partial charge in [0.2, 0.25) is 0 Å². The SMILES string of the molecule is CCOC(=O)C1(C)C=C(Nc2ccc(N=Nc3ccccc3)cc2)C(=O)N1c1ccc(N=Nc2ccccc2)cc1. The molecule has 5 rings (SSSR count). The van der Waals surface area contributed by atoms with Crippen LogP contribution in [0.5, 0.6) is 0 Å². The highest BCUT2D eigenvalue weighted by atomic mass is 16.5. The molecule has 1 aliphatic rings. The second-order valence-corrected chi connectivity index (χ2v) is 9.33. The molecule has 1 atom stereocenters. The van der Waals surface area contributed by atoms with Crippen LogP contribution in [0.1, 0.15) is 13.8 Å². The molecule has 4 aromatic rings. The largest absolute Gasteiger partial charge is 0.464 e. The van der Waals surface area contributed by atoms with Crippen molar-refractivity contribution in [2.24, 2.45) is 20.5 Å². The summed E-state index contributed by atoms with van der Waals surface area (Å²) in [5, 5.41) is 20.1. The topological polar surface area (TPSA) is 108 Å². The first-order chi connectivity index (χ1) is 20.0. The third-order valence-electron chi connectivity index (χ3n) is 6.34. The first kappa shape index (κ1) is 27.1. The molecule has 9 nitrogen and oxygen atoms in total. The smallest absolute Gasteiger partial charge is 0.336 e. The molecular formula is C32H28N6O3. The number of anilines is 2. The van der Waals surface area contributed by atoms with Crippen molar-refractivity contribution in [3.8, 4) is 0 Å². The predicted octanol–water partition coefficient (Wildman–Crippen LogP) is 8.18. The molecule has 9 heteroatoms. The summed E-state index contributed by atoms with van der Waals surface area (Å²) in [6, 6.07) is 33.0. The number of hydrogen-bond acceptors (Lipinski definition) is 8. The fourth-order valence-electron chi connectivity index (χ4n) is 4.30. The Labute approximate surface area is 237 Å². The zero-order chi connectivity index (χ0) is 28.7. The molecule has 1 unspecified atom stereocenters. The second kappa shape index (κ2) is 12.2. The normalized spacial score (nSPS) is 16.8. The van der Waals surface area contributed by atoms with Crippen LogP contribution in [0.15, 0.2) is 141 Å². The second-order valence-electron chi connectivity index (χ2n) is 9.33. The fraction of sp³-hybridized carbons (Fsp3) is 0.125. The van der Waals surface area contributed by atoms with Crippen molar-refractivity contribution < 1.29 is 14.3 Å². The van der Waals surface area contributed by atoms with Crippen molar-refractivity contribution in [1.82, 2.24) is 0 Å². The van der Waals surface area contributed by atoms with Crippen molar-refractivity contribution in [1.29, 1.82) is 0 Å². The number of benzene rings is 4. The van der Waals surface area contributed by atoms with Crippen molar-refractivity contribution >= 4 is 46.0 Å². The highest BCUT2D eigenvalue weighted by molar-refractivity contribution is 6.16. The molecule has 0 saturated carbocycles. The van der Waals surface area contributed by atoms with Crippen LogP contribution in [0.2, 0.25) is 0 Å². The van der Waals surface area contributed by atoms with Crippen LogP contribution in [-0.2, 0) is 14.3 Å². The molecule has 1 N–H and O–H groups in total. The lowest BCUT2D eigenvalue weighted by atomic mass is 10.0. The summed E-state index contributed by atoms with van der Waals surface area (Å²) in [4.78, 5) is 28.2. The average molecular weight is 545 g/mol. The van der Waals surface area contributed by atoms with Gasteiger partial charge in [-0.3, -0.25) is 9.69 Å². The Kier molecular flexibility index (Phi) is 8.05. The molecule has 0 radical (unpaired) electrons. The Morgan fingerprint density at radius 2 is 1.20 bits per heavy atom. The van der Waals surface area contributed by atoms with Crippen LogP contribution < -0.4 is 10.2 Å². The third kappa shape index (κ3) is 6.25. The minimum Gasteiger partial charge on any atom is -0.464 e. The lowest BCUT2D eigenvalue weighted by Gasteiger charge is -2.32. The molecule has 0 aliphatic carbocycles. The van der Waals surface area contributed by atoms with Crippen LogP contribution in [0.3, 0.4) is 0 Å². The Bertz CT molecular complexity index is 1600.